The number of carbonyl (C=O) groups excluding carboxylic acids is 2. The fraction of sp³-hybridized carbons (Fsp3) is 0.588. The molecule has 0 spiro atoms. The van der Waals surface area contributed by atoms with Gasteiger partial charge in [0.05, 0.1) is 0 Å². The van der Waals surface area contributed by atoms with Gasteiger partial charge in [0.25, 0.3) is 0 Å². The van der Waals surface area contributed by atoms with Gasteiger partial charge in [0.15, 0.2) is 0 Å². The van der Waals surface area contributed by atoms with Crippen molar-refractivity contribution in [1.29, 1.82) is 0 Å². The SMILES string of the molecule is Cc1ccc(Br)nc1NC(=O)[C@@H]1CC2CC2N1C(=O)OC(C)(C)C. The van der Waals surface area contributed by atoms with Crippen molar-refractivity contribution in [2.24, 2.45) is 5.92 Å². The molecular weight excluding hydrogens is 374 g/mol. The number of nitrogens with zero attached hydrogens (tertiary/aromatic N) is 2. The molecule has 1 aliphatic carbocycles. The molecule has 0 radical (unpaired) electrons. The third-order valence-corrected chi connectivity index (χ3v) is 4.76. The van der Waals surface area contributed by atoms with Crippen LogP contribution in [-0.4, -0.2) is 39.6 Å². The van der Waals surface area contributed by atoms with Crippen LogP contribution in [0.4, 0.5) is 10.6 Å². The third kappa shape index (κ3) is 3.55. The Morgan fingerprint density at radius 2 is 2.04 bits per heavy atom. The number of likely N-dealkylation sites (tertiary alicyclic amines) is 1. The van der Waals surface area contributed by atoms with E-state index in [1.54, 1.807) is 4.90 Å². The number of aromatic nitrogens is 1. The predicted octanol–water partition coefficient (Wildman–Crippen LogP) is 3.49. The number of hydrogen-bond acceptors (Lipinski definition) is 4. The Bertz CT molecular complexity index is 686. The van der Waals surface area contributed by atoms with E-state index < -0.39 is 17.7 Å². The van der Waals surface area contributed by atoms with Gasteiger partial charge in [-0.05, 0) is 74.0 Å². The molecule has 0 bridgehead atoms. The lowest BCUT2D eigenvalue weighted by Crippen LogP contribution is -2.47. The molecule has 130 valence electrons. The maximum atomic E-state index is 12.7. The molecule has 2 heterocycles. The lowest BCUT2D eigenvalue weighted by Gasteiger charge is -2.29. The van der Waals surface area contributed by atoms with Gasteiger partial charge in [0.2, 0.25) is 5.91 Å². The van der Waals surface area contributed by atoms with Crippen LogP contribution in [0.3, 0.4) is 0 Å². The molecule has 1 saturated carbocycles. The summed E-state index contributed by atoms with van der Waals surface area (Å²) in [7, 11) is 0. The van der Waals surface area contributed by atoms with Gasteiger partial charge in [-0.15, -0.1) is 0 Å². The molecule has 2 fully saturated rings. The number of pyridine rings is 1. The average Bonchev–Trinajstić information content (AvgIpc) is 3.11. The van der Waals surface area contributed by atoms with E-state index in [0.717, 1.165) is 12.0 Å². The quantitative estimate of drug-likeness (QED) is 0.777. The first-order valence-corrected chi connectivity index (χ1v) is 8.90. The minimum absolute atomic E-state index is 0.132. The van der Waals surface area contributed by atoms with Crippen molar-refractivity contribution < 1.29 is 14.3 Å². The number of carbonyl (C=O) groups is 2. The summed E-state index contributed by atoms with van der Waals surface area (Å²) in [4.78, 5) is 31.1. The zero-order chi connectivity index (χ0) is 17.6. The number of fused-ring (bicyclic) bond motifs is 1. The zero-order valence-electron chi connectivity index (χ0n) is 14.3. The maximum absolute atomic E-state index is 12.7. The van der Waals surface area contributed by atoms with Crippen LogP contribution in [0.1, 0.15) is 39.2 Å². The minimum atomic E-state index is -0.576. The molecule has 3 rings (SSSR count). The monoisotopic (exact) mass is 395 g/mol. The fourth-order valence-corrected chi connectivity index (χ4v) is 3.41. The highest BCUT2D eigenvalue weighted by Crippen LogP contribution is 2.48. The van der Waals surface area contributed by atoms with Crippen molar-refractivity contribution in [3.05, 3.63) is 22.3 Å². The molecule has 6 nitrogen and oxygen atoms in total. The van der Waals surface area contributed by atoms with E-state index >= 15 is 0 Å². The van der Waals surface area contributed by atoms with Crippen LogP contribution in [-0.2, 0) is 9.53 Å². The van der Waals surface area contributed by atoms with Crippen LogP contribution in [0, 0.1) is 12.8 Å². The van der Waals surface area contributed by atoms with Gasteiger partial charge >= 0.3 is 6.09 Å². The molecule has 2 amide bonds. The van der Waals surface area contributed by atoms with E-state index in [1.165, 1.54) is 0 Å². The summed E-state index contributed by atoms with van der Waals surface area (Å²) in [6, 6.07) is 3.34. The van der Waals surface area contributed by atoms with Crippen molar-refractivity contribution in [3.8, 4) is 0 Å². The molecule has 0 aromatic carbocycles. The second-order valence-electron chi connectivity index (χ2n) is 7.49. The van der Waals surface area contributed by atoms with Gasteiger partial charge in [-0.2, -0.15) is 0 Å². The summed E-state index contributed by atoms with van der Waals surface area (Å²) in [5.74, 6) is 0.714. The van der Waals surface area contributed by atoms with Gasteiger partial charge in [-0.3, -0.25) is 9.69 Å². The Morgan fingerprint density at radius 1 is 1.33 bits per heavy atom. The first kappa shape index (κ1) is 17.2. The van der Waals surface area contributed by atoms with Crippen LogP contribution in [0.15, 0.2) is 16.7 Å². The highest BCUT2D eigenvalue weighted by atomic mass is 79.9. The number of nitrogens with one attached hydrogen (secondary N) is 1. The first-order chi connectivity index (χ1) is 11.2. The summed E-state index contributed by atoms with van der Waals surface area (Å²) in [6.45, 7) is 7.37. The molecule has 2 unspecified atom stereocenters. The van der Waals surface area contributed by atoms with E-state index in [4.69, 9.17) is 4.74 Å². The average molecular weight is 396 g/mol. The van der Waals surface area contributed by atoms with Crippen molar-refractivity contribution in [2.75, 3.05) is 5.32 Å². The molecule has 1 saturated heterocycles. The standard InChI is InChI=1S/C17H22BrN3O3/c1-9-5-6-13(18)19-14(9)20-15(22)12-8-10-7-11(10)21(12)16(23)24-17(2,3)4/h5-6,10-12H,7-8H2,1-4H3,(H,19,20,22)/t10?,11?,12-/m0/s1. The molecule has 24 heavy (non-hydrogen) atoms. The first-order valence-electron chi connectivity index (χ1n) is 8.11. The second kappa shape index (κ2) is 6.02. The van der Waals surface area contributed by atoms with Crippen LogP contribution in [0.25, 0.3) is 0 Å². The topological polar surface area (TPSA) is 71.5 Å². The lowest BCUT2D eigenvalue weighted by atomic mass is 10.1. The second-order valence-corrected chi connectivity index (χ2v) is 8.30. The predicted molar refractivity (Wildman–Crippen MR) is 93.7 cm³/mol. The summed E-state index contributed by atoms with van der Waals surface area (Å²) in [5, 5.41) is 2.85. The Labute approximate surface area is 150 Å². The Kier molecular flexibility index (Phi) is 4.32. The molecular formula is C17H22BrN3O3. The normalized spacial score (nSPS) is 25.2. The van der Waals surface area contributed by atoms with E-state index in [1.807, 2.05) is 39.8 Å². The number of halogens is 1. The molecule has 7 heteroatoms. The van der Waals surface area contributed by atoms with Crippen LogP contribution in [0.2, 0.25) is 0 Å². The number of aryl methyl sites for hydroxylation is 1. The van der Waals surface area contributed by atoms with E-state index in [0.29, 0.717) is 22.8 Å². The summed E-state index contributed by atoms with van der Waals surface area (Å²) < 4.78 is 6.13. The highest BCUT2D eigenvalue weighted by Gasteiger charge is 2.57. The molecule has 1 aliphatic heterocycles. The summed E-state index contributed by atoms with van der Waals surface area (Å²) in [5.41, 5.74) is 0.298. The Morgan fingerprint density at radius 3 is 2.71 bits per heavy atom. The van der Waals surface area contributed by atoms with Crippen molar-refractivity contribution in [2.45, 2.75) is 58.2 Å². The number of anilines is 1. The largest absolute Gasteiger partial charge is 0.444 e. The van der Waals surface area contributed by atoms with Crippen LogP contribution < -0.4 is 5.32 Å². The zero-order valence-corrected chi connectivity index (χ0v) is 15.9. The number of hydrogen-bond donors (Lipinski definition) is 1. The molecule has 1 aromatic rings. The van der Waals surface area contributed by atoms with E-state index in [9.17, 15) is 9.59 Å². The number of amides is 2. The number of ether oxygens (including phenoxy) is 1. The summed E-state index contributed by atoms with van der Waals surface area (Å²) >= 11 is 3.31. The molecule has 1 N–H and O–H groups in total. The summed E-state index contributed by atoms with van der Waals surface area (Å²) in [6.07, 6.45) is 1.23. The van der Waals surface area contributed by atoms with Crippen LogP contribution in [0.5, 0.6) is 0 Å². The van der Waals surface area contributed by atoms with Crippen molar-refractivity contribution in [1.82, 2.24) is 9.88 Å². The van der Waals surface area contributed by atoms with Crippen LogP contribution >= 0.6 is 15.9 Å². The third-order valence-electron chi connectivity index (χ3n) is 4.32. The van der Waals surface area contributed by atoms with Gasteiger partial charge < -0.3 is 10.1 Å². The number of rotatable bonds is 2. The highest BCUT2D eigenvalue weighted by molar-refractivity contribution is 9.10. The smallest absolute Gasteiger partial charge is 0.411 e. The van der Waals surface area contributed by atoms with E-state index in [-0.39, 0.29) is 11.9 Å². The van der Waals surface area contributed by atoms with Gasteiger partial charge in [0.1, 0.15) is 22.1 Å². The van der Waals surface area contributed by atoms with Crippen molar-refractivity contribution >= 4 is 33.7 Å². The van der Waals surface area contributed by atoms with E-state index in [2.05, 4.69) is 26.2 Å². The maximum Gasteiger partial charge on any atom is 0.411 e. The Balaban J connectivity index is 1.74. The molecule has 1 aromatic heterocycles. The molecule has 3 atom stereocenters. The lowest BCUT2D eigenvalue weighted by molar-refractivity contribution is -0.121. The van der Waals surface area contributed by atoms with Gasteiger partial charge in [0, 0.05) is 6.04 Å². The Hall–Kier alpha value is -1.63. The molecule has 2 aliphatic rings. The number of piperidine rings is 1. The van der Waals surface area contributed by atoms with Gasteiger partial charge in [-0.1, -0.05) is 6.07 Å². The van der Waals surface area contributed by atoms with Crippen molar-refractivity contribution in [3.63, 3.8) is 0 Å². The van der Waals surface area contributed by atoms with Gasteiger partial charge in [-0.25, -0.2) is 9.78 Å². The fourth-order valence-electron chi connectivity index (χ4n) is 3.10. The minimum Gasteiger partial charge on any atom is -0.444 e.